The van der Waals surface area contributed by atoms with Gasteiger partial charge in [-0.15, -0.1) is 0 Å². The summed E-state index contributed by atoms with van der Waals surface area (Å²) in [6.07, 6.45) is -12.7. The van der Waals surface area contributed by atoms with Gasteiger partial charge in [-0.2, -0.15) is 26.3 Å². The fourth-order valence-corrected chi connectivity index (χ4v) is 7.49. The lowest BCUT2D eigenvalue weighted by Gasteiger charge is -2.38. The molecule has 1 heterocycles. The van der Waals surface area contributed by atoms with E-state index in [1.54, 1.807) is 0 Å². The van der Waals surface area contributed by atoms with E-state index >= 15 is 0 Å². The highest BCUT2D eigenvalue weighted by Gasteiger charge is 2.73. The van der Waals surface area contributed by atoms with Gasteiger partial charge in [-0.25, -0.2) is 21.6 Å². The second-order valence-corrected chi connectivity index (χ2v) is 12.7. The van der Waals surface area contributed by atoms with E-state index in [4.69, 9.17) is 11.6 Å². The first kappa shape index (κ1) is 33.7. The van der Waals surface area contributed by atoms with Crippen molar-refractivity contribution in [3.05, 3.63) is 101 Å². The number of ether oxygens (including phenoxy) is 1. The molecule has 0 N–H and O–H groups in total. The number of nitrogens with zero attached hydrogens (tertiary/aromatic N) is 1. The Hall–Kier alpha value is -3.14. The van der Waals surface area contributed by atoms with E-state index in [1.807, 2.05) is 0 Å². The smallest absolute Gasteiger partial charge is 0.349 e. The van der Waals surface area contributed by atoms with Crippen molar-refractivity contribution in [2.75, 3.05) is 19.6 Å². The molecule has 1 unspecified atom stereocenters. The molecule has 4 rings (SSSR count). The van der Waals surface area contributed by atoms with Gasteiger partial charge in [0.2, 0.25) is 5.24 Å². The summed E-state index contributed by atoms with van der Waals surface area (Å²) in [5.41, 5.74) is -8.04. The van der Waals surface area contributed by atoms with Crippen LogP contribution in [0.3, 0.4) is 0 Å². The first-order valence-corrected chi connectivity index (χ1v) is 14.4. The van der Waals surface area contributed by atoms with Gasteiger partial charge in [0.1, 0.15) is 22.2 Å². The zero-order chi connectivity index (χ0) is 32.7. The summed E-state index contributed by atoms with van der Waals surface area (Å²) in [4.78, 5) is 12.5. The molecule has 0 bridgehead atoms. The van der Waals surface area contributed by atoms with E-state index in [1.165, 1.54) is 4.90 Å². The average molecular weight is 674 g/mol. The molecule has 0 aliphatic carbocycles. The molecule has 0 saturated carbocycles. The predicted octanol–water partition coefficient (Wildman–Crippen LogP) is 6.78. The van der Waals surface area contributed by atoms with Crippen LogP contribution in [0.1, 0.15) is 23.1 Å². The van der Waals surface area contributed by atoms with Crippen molar-refractivity contribution in [1.29, 1.82) is 0 Å². The predicted molar refractivity (Wildman–Crippen MR) is 139 cm³/mol. The summed E-state index contributed by atoms with van der Waals surface area (Å²) >= 11 is 5.45. The Balaban J connectivity index is 1.85. The van der Waals surface area contributed by atoms with Gasteiger partial charge in [-0.1, -0.05) is 30.3 Å². The van der Waals surface area contributed by atoms with Gasteiger partial charge in [-0.3, -0.25) is 9.69 Å². The number of halogens is 10. The minimum atomic E-state index is -6.21. The third-order valence-corrected chi connectivity index (χ3v) is 10.0. The van der Waals surface area contributed by atoms with Gasteiger partial charge in [0.05, 0.1) is 18.0 Å². The lowest BCUT2D eigenvalue weighted by Crippen LogP contribution is -2.56. The lowest BCUT2D eigenvalue weighted by atomic mass is 9.88. The second-order valence-electron chi connectivity index (χ2n) is 10.0. The molecule has 1 fully saturated rings. The van der Waals surface area contributed by atoms with Gasteiger partial charge in [0, 0.05) is 24.2 Å². The standard InChI is InChI=1S/C28H21ClF9NO4S/c29-24(40)14-39-13-12-25(16-39,44(41,42)20-10-8-19(30)9-11-20)17-4-6-18(7-5-17)26(27(33,34)35,28(36,37)38)43-15-21-22(31)2-1-3-23(21)32/h1-11H,12-16H2. The second kappa shape index (κ2) is 12.0. The van der Waals surface area contributed by atoms with Crippen LogP contribution in [0.4, 0.5) is 39.5 Å². The first-order chi connectivity index (χ1) is 20.4. The van der Waals surface area contributed by atoms with Crippen LogP contribution in [-0.2, 0) is 36.3 Å². The van der Waals surface area contributed by atoms with Crippen LogP contribution in [0.15, 0.2) is 71.6 Å². The Morgan fingerprint density at radius 3 is 1.91 bits per heavy atom. The van der Waals surface area contributed by atoms with Gasteiger partial charge < -0.3 is 4.74 Å². The van der Waals surface area contributed by atoms with E-state index in [0.717, 1.165) is 42.5 Å². The molecule has 0 radical (unpaired) electrons. The van der Waals surface area contributed by atoms with E-state index in [9.17, 15) is 52.7 Å². The van der Waals surface area contributed by atoms with Crippen molar-refractivity contribution in [3.8, 4) is 0 Å². The van der Waals surface area contributed by atoms with Crippen LogP contribution in [-0.4, -0.2) is 50.5 Å². The summed E-state index contributed by atoms with van der Waals surface area (Å²) < 4.78 is 158. The molecule has 5 nitrogen and oxygen atoms in total. The van der Waals surface area contributed by atoms with Gasteiger partial charge in [-0.05, 0) is 60.0 Å². The summed E-state index contributed by atoms with van der Waals surface area (Å²) in [5, 5.41) is -0.848. The zero-order valence-corrected chi connectivity index (χ0v) is 23.7. The van der Waals surface area contributed by atoms with Crippen molar-refractivity contribution in [2.45, 2.75) is 40.6 Å². The largest absolute Gasteiger partial charge is 0.430 e. The average Bonchev–Trinajstić information content (AvgIpc) is 3.34. The monoisotopic (exact) mass is 673 g/mol. The number of hydrogen-bond acceptors (Lipinski definition) is 5. The SMILES string of the molecule is O=C(Cl)CN1CCC(c2ccc(C(OCc3c(F)cccc3F)(C(F)(F)F)C(F)(F)F)cc2)(S(=O)(=O)c2ccc(F)cc2)C1. The van der Waals surface area contributed by atoms with Gasteiger partial charge in [0.25, 0.3) is 5.60 Å². The fraction of sp³-hybridized carbons (Fsp3) is 0.321. The molecule has 16 heteroatoms. The van der Waals surface area contributed by atoms with Gasteiger partial charge in [0.15, 0.2) is 9.84 Å². The van der Waals surface area contributed by atoms with Crippen molar-refractivity contribution >= 4 is 26.7 Å². The summed E-state index contributed by atoms with van der Waals surface area (Å²) in [7, 11) is -4.52. The lowest BCUT2D eigenvalue weighted by molar-refractivity contribution is -0.392. The molecule has 3 aromatic rings. The van der Waals surface area contributed by atoms with Crippen molar-refractivity contribution in [1.82, 2.24) is 4.90 Å². The Morgan fingerprint density at radius 2 is 1.41 bits per heavy atom. The number of hydrogen-bond donors (Lipinski definition) is 0. The molecule has 0 aromatic heterocycles. The number of likely N-dealkylation sites (tertiary alicyclic amines) is 1. The topological polar surface area (TPSA) is 63.7 Å². The molecule has 1 saturated heterocycles. The number of rotatable bonds is 9. The minimum Gasteiger partial charge on any atom is -0.349 e. The molecule has 0 spiro atoms. The van der Waals surface area contributed by atoms with Gasteiger partial charge >= 0.3 is 12.4 Å². The highest BCUT2D eigenvalue weighted by atomic mass is 35.5. The third kappa shape index (κ3) is 5.94. The Kier molecular flexibility index (Phi) is 9.19. The highest BCUT2D eigenvalue weighted by Crippen LogP contribution is 2.54. The number of benzene rings is 3. The molecule has 1 aliphatic heterocycles. The molecule has 3 aromatic carbocycles. The number of carbonyl (C=O) groups is 1. The summed E-state index contributed by atoms with van der Waals surface area (Å²) in [5.74, 6) is -3.64. The van der Waals surface area contributed by atoms with E-state index < -0.39 is 91.0 Å². The maximum atomic E-state index is 14.3. The third-order valence-electron chi connectivity index (χ3n) is 7.41. The van der Waals surface area contributed by atoms with E-state index in [0.29, 0.717) is 24.3 Å². The first-order valence-electron chi connectivity index (χ1n) is 12.6. The van der Waals surface area contributed by atoms with E-state index in [2.05, 4.69) is 4.74 Å². The molecule has 44 heavy (non-hydrogen) atoms. The van der Waals surface area contributed by atoms with Crippen LogP contribution < -0.4 is 0 Å². The van der Waals surface area contributed by atoms with Crippen molar-refractivity contribution < 1.29 is 57.5 Å². The maximum Gasteiger partial charge on any atom is 0.430 e. The fourth-order valence-electron chi connectivity index (χ4n) is 5.21. The Bertz CT molecular complexity index is 1590. The van der Waals surface area contributed by atoms with E-state index in [-0.39, 0.29) is 18.5 Å². The van der Waals surface area contributed by atoms with Crippen LogP contribution in [0.25, 0.3) is 0 Å². The minimum absolute atomic E-state index is 0.0486. The Labute approximate surface area is 250 Å². The van der Waals surface area contributed by atoms with Crippen LogP contribution in [0, 0.1) is 17.5 Å². The van der Waals surface area contributed by atoms with Crippen molar-refractivity contribution in [3.63, 3.8) is 0 Å². The van der Waals surface area contributed by atoms with Crippen LogP contribution >= 0.6 is 11.6 Å². The summed E-state index contributed by atoms with van der Waals surface area (Å²) in [6, 6.07) is 7.93. The quantitative estimate of drug-likeness (QED) is 0.142. The summed E-state index contributed by atoms with van der Waals surface area (Å²) in [6.45, 7) is -2.65. The molecule has 1 aliphatic rings. The van der Waals surface area contributed by atoms with Crippen LogP contribution in [0.2, 0.25) is 0 Å². The zero-order valence-electron chi connectivity index (χ0n) is 22.2. The molecule has 1 atom stereocenters. The molecular weight excluding hydrogens is 653 g/mol. The number of sulfone groups is 1. The van der Waals surface area contributed by atoms with Crippen LogP contribution in [0.5, 0.6) is 0 Å². The molecule has 238 valence electrons. The number of carbonyl (C=O) groups excluding carboxylic acids is 1. The number of alkyl halides is 6. The normalized spacial score (nSPS) is 18.5. The highest BCUT2D eigenvalue weighted by molar-refractivity contribution is 7.92. The molecule has 0 amide bonds. The maximum absolute atomic E-state index is 14.3. The van der Waals surface area contributed by atoms with Crippen molar-refractivity contribution in [2.24, 2.45) is 0 Å². The molecular formula is C28H21ClF9NO4S. The Morgan fingerprint density at radius 1 is 0.864 bits per heavy atom.